The highest BCUT2D eigenvalue weighted by Crippen LogP contribution is 2.21. The van der Waals surface area contributed by atoms with Crippen molar-refractivity contribution >= 4 is 10.2 Å². The number of ether oxygens (including phenoxy) is 1. The third-order valence-electron chi connectivity index (χ3n) is 3.67. The van der Waals surface area contributed by atoms with E-state index in [0.717, 1.165) is 12.8 Å². The first-order valence-electron chi connectivity index (χ1n) is 6.55. The molecule has 7 heteroatoms. The van der Waals surface area contributed by atoms with Crippen LogP contribution in [0.1, 0.15) is 26.7 Å². The second-order valence-corrected chi connectivity index (χ2v) is 7.19. The normalized spacial score (nSPS) is 33.7. The van der Waals surface area contributed by atoms with Crippen LogP contribution in [0.4, 0.5) is 0 Å². The zero-order valence-corrected chi connectivity index (χ0v) is 11.9. The third-order valence-corrected chi connectivity index (χ3v) is 5.79. The highest BCUT2D eigenvalue weighted by molar-refractivity contribution is 7.86. The summed E-state index contributed by atoms with van der Waals surface area (Å²) in [5.41, 5.74) is 5.81. The van der Waals surface area contributed by atoms with Crippen molar-refractivity contribution in [3.8, 4) is 0 Å². The second-order valence-electron chi connectivity index (χ2n) is 5.31. The number of hydrogen-bond donors (Lipinski definition) is 1. The van der Waals surface area contributed by atoms with Gasteiger partial charge in [0.1, 0.15) is 0 Å². The van der Waals surface area contributed by atoms with E-state index in [1.54, 1.807) is 8.61 Å². The summed E-state index contributed by atoms with van der Waals surface area (Å²) in [6.45, 7) is 5.75. The zero-order chi connectivity index (χ0) is 13.3. The lowest BCUT2D eigenvalue weighted by Crippen LogP contribution is -2.56. The Bertz CT molecular complexity index is 379. The molecule has 0 aromatic heterocycles. The van der Waals surface area contributed by atoms with E-state index in [4.69, 9.17) is 10.5 Å². The fraction of sp³-hybridized carbons (Fsp3) is 1.00. The fourth-order valence-electron chi connectivity index (χ4n) is 2.45. The van der Waals surface area contributed by atoms with Crippen LogP contribution in [0.15, 0.2) is 0 Å². The Kier molecular flexibility index (Phi) is 4.28. The highest BCUT2D eigenvalue weighted by Gasteiger charge is 2.38. The van der Waals surface area contributed by atoms with Crippen LogP contribution >= 0.6 is 0 Å². The molecule has 2 saturated heterocycles. The summed E-state index contributed by atoms with van der Waals surface area (Å²) >= 11 is 0. The van der Waals surface area contributed by atoms with Gasteiger partial charge in [-0.1, -0.05) is 0 Å². The predicted octanol–water partition coefficient (Wildman–Crippen LogP) is -0.236. The molecule has 2 atom stereocenters. The van der Waals surface area contributed by atoms with Crippen molar-refractivity contribution in [2.24, 2.45) is 5.73 Å². The maximum absolute atomic E-state index is 12.6. The molecular weight excluding hydrogens is 254 g/mol. The van der Waals surface area contributed by atoms with Crippen LogP contribution in [-0.4, -0.2) is 61.5 Å². The minimum atomic E-state index is -3.36. The minimum Gasteiger partial charge on any atom is -0.375 e. The van der Waals surface area contributed by atoms with Crippen molar-refractivity contribution in [3.63, 3.8) is 0 Å². The van der Waals surface area contributed by atoms with Gasteiger partial charge in [-0.15, -0.1) is 0 Å². The average molecular weight is 277 g/mol. The van der Waals surface area contributed by atoms with Crippen molar-refractivity contribution in [1.29, 1.82) is 0 Å². The smallest absolute Gasteiger partial charge is 0.282 e. The van der Waals surface area contributed by atoms with Gasteiger partial charge in [0.05, 0.1) is 12.7 Å². The van der Waals surface area contributed by atoms with Gasteiger partial charge in [-0.25, -0.2) is 0 Å². The molecule has 0 aromatic rings. The van der Waals surface area contributed by atoms with Crippen LogP contribution in [0.25, 0.3) is 0 Å². The molecule has 2 aliphatic rings. The van der Waals surface area contributed by atoms with E-state index in [0.29, 0.717) is 26.2 Å². The summed E-state index contributed by atoms with van der Waals surface area (Å²) in [5.74, 6) is 0. The maximum Gasteiger partial charge on any atom is 0.282 e. The van der Waals surface area contributed by atoms with E-state index in [2.05, 4.69) is 0 Å². The second kappa shape index (κ2) is 5.42. The van der Waals surface area contributed by atoms with Crippen molar-refractivity contribution in [2.75, 3.05) is 26.2 Å². The summed E-state index contributed by atoms with van der Waals surface area (Å²) < 4.78 is 33.7. The van der Waals surface area contributed by atoms with Crippen molar-refractivity contribution in [1.82, 2.24) is 8.61 Å². The molecule has 2 aliphatic heterocycles. The molecule has 2 N–H and O–H groups in total. The number of rotatable bonds is 2. The van der Waals surface area contributed by atoms with Crippen molar-refractivity contribution in [2.45, 2.75) is 44.9 Å². The topological polar surface area (TPSA) is 75.9 Å². The molecule has 0 spiro atoms. The molecule has 0 saturated carbocycles. The first kappa shape index (κ1) is 14.2. The van der Waals surface area contributed by atoms with Crippen LogP contribution in [0.5, 0.6) is 0 Å². The van der Waals surface area contributed by atoms with Gasteiger partial charge in [-0.3, -0.25) is 0 Å². The first-order chi connectivity index (χ1) is 8.41. The van der Waals surface area contributed by atoms with Crippen molar-refractivity contribution < 1.29 is 13.2 Å². The van der Waals surface area contributed by atoms with Crippen LogP contribution < -0.4 is 5.73 Å². The Morgan fingerprint density at radius 1 is 1.22 bits per heavy atom. The highest BCUT2D eigenvalue weighted by atomic mass is 32.2. The molecule has 0 aromatic carbocycles. The molecule has 2 fully saturated rings. The van der Waals surface area contributed by atoms with E-state index >= 15 is 0 Å². The van der Waals surface area contributed by atoms with Gasteiger partial charge >= 0.3 is 0 Å². The largest absolute Gasteiger partial charge is 0.375 e. The van der Waals surface area contributed by atoms with Gasteiger partial charge in [0.15, 0.2) is 0 Å². The summed E-state index contributed by atoms with van der Waals surface area (Å²) in [5, 5.41) is 0. The fourth-order valence-corrected chi connectivity index (χ4v) is 4.33. The van der Waals surface area contributed by atoms with Crippen LogP contribution in [0.2, 0.25) is 0 Å². The van der Waals surface area contributed by atoms with Crippen LogP contribution in [0, 0.1) is 0 Å². The summed E-state index contributed by atoms with van der Waals surface area (Å²) in [6.07, 6.45) is 1.45. The molecule has 0 aliphatic carbocycles. The SMILES string of the molecule is C[C@@H]1CN(S(=O)(=O)N2CCC(N)CC2)[C@@H](C)CO1. The quantitative estimate of drug-likeness (QED) is 0.756. The number of hydrogen-bond acceptors (Lipinski definition) is 4. The number of nitrogens with zero attached hydrogens (tertiary/aromatic N) is 2. The van der Waals surface area contributed by atoms with Gasteiger partial charge in [-0.05, 0) is 26.7 Å². The van der Waals surface area contributed by atoms with Gasteiger partial charge in [0.25, 0.3) is 10.2 Å². The predicted molar refractivity (Wildman–Crippen MR) is 69.3 cm³/mol. The van der Waals surface area contributed by atoms with E-state index < -0.39 is 10.2 Å². The van der Waals surface area contributed by atoms with Crippen LogP contribution in [0.3, 0.4) is 0 Å². The molecule has 0 bridgehead atoms. The first-order valence-corrected chi connectivity index (χ1v) is 7.95. The van der Waals surface area contributed by atoms with E-state index in [9.17, 15) is 8.42 Å². The van der Waals surface area contributed by atoms with Gasteiger partial charge in [0.2, 0.25) is 0 Å². The maximum atomic E-state index is 12.6. The molecule has 2 heterocycles. The van der Waals surface area contributed by atoms with Gasteiger partial charge in [0, 0.05) is 31.7 Å². The Labute approximate surface area is 109 Å². The molecule has 106 valence electrons. The Morgan fingerprint density at radius 3 is 2.44 bits per heavy atom. The molecule has 6 nitrogen and oxygen atoms in total. The average Bonchev–Trinajstić information content (AvgIpc) is 2.32. The molecule has 2 rings (SSSR count). The van der Waals surface area contributed by atoms with Gasteiger partial charge in [-0.2, -0.15) is 17.0 Å². The molecule has 0 amide bonds. The van der Waals surface area contributed by atoms with Crippen LogP contribution in [-0.2, 0) is 14.9 Å². The third kappa shape index (κ3) is 2.85. The minimum absolute atomic E-state index is 0.0389. The Hall–Kier alpha value is -0.210. The van der Waals surface area contributed by atoms with Gasteiger partial charge < -0.3 is 10.5 Å². The lowest BCUT2D eigenvalue weighted by atomic mass is 10.1. The number of piperidine rings is 1. The Balaban J connectivity index is 2.09. The van der Waals surface area contributed by atoms with E-state index in [-0.39, 0.29) is 18.2 Å². The molecule has 0 unspecified atom stereocenters. The van der Waals surface area contributed by atoms with E-state index in [1.165, 1.54) is 0 Å². The Morgan fingerprint density at radius 2 is 1.83 bits per heavy atom. The number of morpholine rings is 1. The van der Waals surface area contributed by atoms with E-state index in [1.807, 2.05) is 13.8 Å². The summed E-state index contributed by atoms with van der Waals surface area (Å²) in [4.78, 5) is 0. The summed E-state index contributed by atoms with van der Waals surface area (Å²) in [6, 6.07) is 0.0410. The molecular formula is C11H23N3O3S. The molecule has 18 heavy (non-hydrogen) atoms. The monoisotopic (exact) mass is 277 g/mol. The zero-order valence-electron chi connectivity index (χ0n) is 11.1. The standard InChI is InChI=1S/C11H23N3O3S/c1-9-8-17-10(2)7-14(9)18(15,16)13-5-3-11(12)4-6-13/h9-11H,3-8,12H2,1-2H3/t9-,10+/m0/s1. The lowest BCUT2D eigenvalue weighted by molar-refractivity contribution is -0.0193. The lowest BCUT2D eigenvalue weighted by Gasteiger charge is -2.40. The molecule has 0 radical (unpaired) electrons. The van der Waals surface area contributed by atoms with Crippen molar-refractivity contribution in [3.05, 3.63) is 0 Å². The summed E-state index contributed by atoms with van der Waals surface area (Å²) in [7, 11) is -3.36. The number of nitrogens with two attached hydrogens (primary N) is 1.